The van der Waals surface area contributed by atoms with Crippen LogP contribution in [0.2, 0.25) is 0 Å². The van der Waals surface area contributed by atoms with Gasteiger partial charge in [-0.3, -0.25) is 9.69 Å². The van der Waals surface area contributed by atoms with E-state index >= 15 is 0 Å². The summed E-state index contributed by atoms with van der Waals surface area (Å²) in [7, 11) is 0. The largest absolute Gasteiger partial charge is 0.378 e. The van der Waals surface area contributed by atoms with Crippen LogP contribution in [0.25, 0.3) is 0 Å². The highest BCUT2D eigenvalue weighted by atomic mass is 16.5. The number of hydrogen-bond donors (Lipinski definition) is 2. The molecule has 0 bridgehead atoms. The third-order valence-electron chi connectivity index (χ3n) is 4.31. The zero-order chi connectivity index (χ0) is 12.5. The number of hydrogen-bond acceptors (Lipinski definition) is 4. The molecule has 0 spiro atoms. The Morgan fingerprint density at radius 1 is 1.28 bits per heavy atom. The van der Waals surface area contributed by atoms with E-state index < -0.39 is 0 Å². The molecule has 3 fully saturated rings. The molecule has 3 aliphatic rings. The second-order valence-electron chi connectivity index (χ2n) is 5.84. The van der Waals surface area contributed by atoms with E-state index in [0.717, 1.165) is 45.3 Å². The van der Waals surface area contributed by atoms with Gasteiger partial charge in [0.05, 0.1) is 13.2 Å². The highest BCUT2D eigenvalue weighted by Crippen LogP contribution is 2.26. The maximum absolute atomic E-state index is 12.2. The number of nitrogens with two attached hydrogens (primary N) is 1. The SMILES string of the molecule is NC1CCC(N2CCOCC2C(=O)NC2CC2)C1. The normalized spacial score (nSPS) is 37.7. The van der Waals surface area contributed by atoms with Crippen molar-refractivity contribution in [2.75, 3.05) is 19.8 Å². The minimum Gasteiger partial charge on any atom is -0.378 e. The van der Waals surface area contributed by atoms with Crippen LogP contribution in [0.1, 0.15) is 32.1 Å². The molecule has 1 saturated heterocycles. The molecule has 1 aliphatic heterocycles. The van der Waals surface area contributed by atoms with Crippen LogP contribution < -0.4 is 11.1 Å². The van der Waals surface area contributed by atoms with Crippen molar-refractivity contribution in [2.24, 2.45) is 5.73 Å². The van der Waals surface area contributed by atoms with Gasteiger partial charge in [0, 0.05) is 24.7 Å². The van der Waals surface area contributed by atoms with E-state index in [9.17, 15) is 4.79 Å². The number of rotatable bonds is 3. The summed E-state index contributed by atoms with van der Waals surface area (Å²) >= 11 is 0. The minimum atomic E-state index is -0.102. The molecule has 0 aromatic carbocycles. The second-order valence-corrected chi connectivity index (χ2v) is 5.84. The number of nitrogens with one attached hydrogen (secondary N) is 1. The molecule has 5 nitrogen and oxygen atoms in total. The molecular formula is C13H23N3O2. The van der Waals surface area contributed by atoms with Gasteiger partial charge in [-0.05, 0) is 32.1 Å². The predicted molar refractivity (Wildman–Crippen MR) is 68.1 cm³/mol. The number of morpholine rings is 1. The van der Waals surface area contributed by atoms with E-state index in [-0.39, 0.29) is 11.9 Å². The summed E-state index contributed by atoms with van der Waals surface area (Å²) < 4.78 is 5.49. The Kier molecular flexibility index (Phi) is 3.54. The van der Waals surface area contributed by atoms with E-state index in [1.165, 1.54) is 0 Å². The van der Waals surface area contributed by atoms with Crippen molar-refractivity contribution in [1.82, 2.24) is 10.2 Å². The Morgan fingerprint density at radius 3 is 2.78 bits per heavy atom. The molecule has 18 heavy (non-hydrogen) atoms. The summed E-state index contributed by atoms with van der Waals surface area (Å²) in [6.45, 7) is 2.13. The number of ether oxygens (including phenoxy) is 1. The van der Waals surface area contributed by atoms with Gasteiger partial charge in [0.25, 0.3) is 0 Å². The zero-order valence-corrected chi connectivity index (χ0v) is 10.8. The van der Waals surface area contributed by atoms with Crippen molar-refractivity contribution in [3.63, 3.8) is 0 Å². The first-order valence-corrected chi connectivity index (χ1v) is 7.13. The highest BCUT2D eigenvalue weighted by Gasteiger charge is 2.38. The summed E-state index contributed by atoms with van der Waals surface area (Å²) in [5.74, 6) is 0.151. The van der Waals surface area contributed by atoms with E-state index in [1.54, 1.807) is 0 Å². The minimum absolute atomic E-state index is 0.102. The lowest BCUT2D eigenvalue weighted by Crippen LogP contribution is -2.57. The Labute approximate surface area is 108 Å². The zero-order valence-electron chi connectivity index (χ0n) is 10.8. The lowest BCUT2D eigenvalue weighted by atomic mass is 10.1. The Hall–Kier alpha value is -0.650. The topological polar surface area (TPSA) is 67.6 Å². The molecule has 5 heteroatoms. The molecule has 2 aliphatic carbocycles. The monoisotopic (exact) mass is 253 g/mol. The third kappa shape index (κ3) is 2.68. The highest BCUT2D eigenvalue weighted by molar-refractivity contribution is 5.82. The summed E-state index contributed by atoms with van der Waals surface area (Å²) in [6, 6.07) is 1.10. The fraction of sp³-hybridized carbons (Fsp3) is 0.923. The van der Waals surface area contributed by atoms with Gasteiger partial charge in [0.1, 0.15) is 6.04 Å². The van der Waals surface area contributed by atoms with Gasteiger partial charge in [-0.15, -0.1) is 0 Å². The smallest absolute Gasteiger partial charge is 0.239 e. The second kappa shape index (κ2) is 5.15. The summed E-state index contributed by atoms with van der Waals surface area (Å²) in [5.41, 5.74) is 5.99. The molecule has 0 aromatic heterocycles. The number of carbonyl (C=O) groups excluding carboxylic acids is 1. The van der Waals surface area contributed by atoms with Crippen molar-refractivity contribution < 1.29 is 9.53 Å². The van der Waals surface area contributed by atoms with Gasteiger partial charge in [-0.1, -0.05) is 0 Å². The lowest BCUT2D eigenvalue weighted by molar-refractivity contribution is -0.134. The van der Waals surface area contributed by atoms with Crippen LogP contribution in [0.4, 0.5) is 0 Å². The molecule has 0 aromatic rings. The van der Waals surface area contributed by atoms with Crippen LogP contribution in [0.5, 0.6) is 0 Å². The Morgan fingerprint density at radius 2 is 2.11 bits per heavy atom. The standard InChI is InChI=1S/C13H23N3O2/c14-9-1-4-11(7-9)16-5-6-18-8-12(16)13(17)15-10-2-3-10/h9-12H,1-8,14H2,(H,15,17). The van der Waals surface area contributed by atoms with Crippen LogP contribution in [0, 0.1) is 0 Å². The third-order valence-corrected chi connectivity index (χ3v) is 4.31. The molecule has 0 radical (unpaired) electrons. The van der Waals surface area contributed by atoms with Crippen molar-refractivity contribution in [3.05, 3.63) is 0 Å². The van der Waals surface area contributed by atoms with Crippen molar-refractivity contribution in [3.8, 4) is 0 Å². The fourth-order valence-electron chi connectivity index (χ4n) is 3.10. The molecule has 3 N–H and O–H groups in total. The Balaban J connectivity index is 1.63. The summed E-state index contributed by atoms with van der Waals surface area (Å²) in [4.78, 5) is 14.6. The molecule has 3 atom stereocenters. The van der Waals surface area contributed by atoms with Crippen LogP contribution in [-0.2, 0) is 9.53 Å². The first-order chi connectivity index (χ1) is 8.74. The molecule has 3 unspecified atom stereocenters. The molecule has 3 rings (SSSR count). The van der Waals surface area contributed by atoms with Gasteiger partial charge in [-0.2, -0.15) is 0 Å². The quantitative estimate of drug-likeness (QED) is 0.734. The molecule has 102 valence electrons. The molecule has 1 amide bonds. The van der Waals surface area contributed by atoms with Crippen LogP contribution in [0.15, 0.2) is 0 Å². The summed E-state index contributed by atoms with van der Waals surface area (Å²) in [6.07, 6.45) is 5.49. The van der Waals surface area contributed by atoms with Gasteiger partial charge >= 0.3 is 0 Å². The average molecular weight is 253 g/mol. The van der Waals surface area contributed by atoms with Crippen molar-refractivity contribution >= 4 is 5.91 Å². The molecular weight excluding hydrogens is 230 g/mol. The van der Waals surface area contributed by atoms with Gasteiger partial charge in [0.2, 0.25) is 5.91 Å². The van der Waals surface area contributed by atoms with Crippen LogP contribution in [0.3, 0.4) is 0 Å². The van der Waals surface area contributed by atoms with Crippen molar-refractivity contribution in [1.29, 1.82) is 0 Å². The predicted octanol–water partition coefficient (Wildman–Crippen LogP) is -0.154. The number of amides is 1. The van der Waals surface area contributed by atoms with Gasteiger partial charge in [-0.25, -0.2) is 0 Å². The Bertz CT molecular complexity index is 319. The molecule has 1 heterocycles. The van der Waals surface area contributed by atoms with E-state index in [0.29, 0.717) is 24.7 Å². The first-order valence-electron chi connectivity index (χ1n) is 7.13. The van der Waals surface area contributed by atoms with Crippen molar-refractivity contribution in [2.45, 2.75) is 56.3 Å². The molecule has 2 saturated carbocycles. The van der Waals surface area contributed by atoms with Crippen LogP contribution in [-0.4, -0.2) is 54.7 Å². The fourth-order valence-corrected chi connectivity index (χ4v) is 3.10. The number of carbonyl (C=O) groups is 1. The van der Waals surface area contributed by atoms with Crippen LogP contribution >= 0.6 is 0 Å². The summed E-state index contributed by atoms with van der Waals surface area (Å²) in [5, 5.41) is 3.10. The first kappa shape index (κ1) is 12.4. The van der Waals surface area contributed by atoms with E-state index in [2.05, 4.69) is 10.2 Å². The van der Waals surface area contributed by atoms with E-state index in [4.69, 9.17) is 10.5 Å². The number of nitrogens with zero attached hydrogens (tertiary/aromatic N) is 1. The maximum Gasteiger partial charge on any atom is 0.239 e. The van der Waals surface area contributed by atoms with Gasteiger partial charge < -0.3 is 15.8 Å². The maximum atomic E-state index is 12.2. The van der Waals surface area contributed by atoms with E-state index in [1.807, 2.05) is 0 Å². The average Bonchev–Trinajstić information content (AvgIpc) is 3.08. The van der Waals surface area contributed by atoms with Gasteiger partial charge in [0.15, 0.2) is 0 Å². The lowest BCUT2D eigenvalue weighted by Gasteiger charge is -2.38.